The molecule has 3 heterocycles. The second kappa shape index (κ2) is 10.9. The SMILES string of the molecule is CCO[C@@H](CNc1nc(C)c(-c2nc3c(C4CC4)nccc3s2)c(N[C@@H]2C[C@H](CO)[C@@H](O)C2)n1)C(F)(F)F. The summed E-state index contributed by atoms with van der Waals surface area (Å²) in [7, 11) is 0. The summed E-state index contributed by atoms with van der Waals surface area (Å²) in [6.45, 7) is 2.52. The summed E-state index contributed by atoms with van der Waals surface area (Å²) in [4.78, 5) is 18.5. The zero-order chi connectivity index (χ0) is 27.0. The first kappa shape index (κ1) is 27.0. The lowest BCUT2D eigenvalue weighted by atomic mass is 10.1. The lowest BCUT2D eigenvalue weighted by Gasteiger charge is -2.22. The fraction of sp³-hybridized carbons (Fsp3) is 0.600. The van der Waals surface area contributed by atoms with E-state index < -0.39 is 24.9 Å². The van der Waals surface area contributed by atoms with Crippen LogP contribution in [-0.2, 0) is 4.74 Å². The van der Waals surface area contributed by atoms with E-state index in [2.05, 4.69) is 25.6 Å². The number of nitrogens with zero attached hydrogens (tertiary/aromatic N) is 4. The number of aliphatic hydroxyl groups is 2. The second-order valence-corrected chi connectivity index (χ2v) is 10.9. The number of ether oxygens (including phenoxy) is 1. The van der Waals surface area contributed by atoms with Gasteiger partial charge in [-0.2, -0.15) is 18.2 Å². The molecule has 0 radical (unpaired) electrons. The Hall–Kier alpha value is -2.61. The number of aromatic nitrogens is 4. The van der Waals surface area contributed by atoms with Crippen molar-refractivity contribution in [3.8, 4) is 10.6 Å². The molecule has 2 aliphatic rings. The number of nitrogens with one attached hydrogen (secondary N) is 2. The van der Waals surface area contributed by atoms with Crippen molar-refractivity contribution in [3.05, 3.63) is 23.7 Å². The molecule has 0 amide bonds. The van der Waals surface area contributed by atoms with E-state index in [-0.39, 0.29) is 31.1 Å². The van der Waals surface area contributed by atoms with Crippen molar-refractivity contribution in [2.24, 2.45) is 5.92 Å². The third kappa shape index (κ3) is 5.70. The molecule has 3 aromatic rings. The van der Waals surface area contributed by atoms with E-state index in [0.717, 1.165) is 28.8 Å². The molecule has 2 aliphatic carbocycles. The summed E-state index contributed by atoms with van der Waals surface area (Å²) < 4.78 is 45.9. The van der Waals surface area contributed by atoms with Gasteiger partial charge in [0.2, 0.25) is 5.95 Å². The predicted octanol–water partition coefficient (Wildman–Crippen LogP) is 4.26. The Morgan fingerprint density at radius 2 is 2.00 bits per heavy atom. The summed E-state index contributed by atoms with van der Waals surface area (Å²) in [5, 5.41) is 26.6. The van der Waals surface area contributed by atoms with Gasteiger partial charge in [0, 0.05) is 37.3 Å². The van der Waals surface area contributed by atoms with Crippen molar-refractivity contribution in [1.82, 2.24) is 19.9 Å². The van der Waals surface area contributed by atoms with Crippen LogP contribution in [0.5, 0.6) is 0 Å². The molecule has 13 heteroatoms. The first-order chi connectivity index (χ1) is 18.2. The Balaban J connectivity index is 1.50. The maximum Gasteiger partial charge on any atom is 0.416 e. The number of thiazole rings is 1. The van der Waals surface area contributed by atoms with Crippen LogP contribution in [0, 0.1) is 12.8 Å². The van der Waals surface area contributed by atoms with E-state index in [0.29, 0.717) is 40.8 Å². The highest BCUT2D eigenvalue weighted by Crippen LogP contribution is 2.44. The van der Waals surface area contributed by atoms with Gasteiger partial charge in [-0.25, -0.2) is 9.97 Å². The van der Waals surface area contributed by atoms with Gasteiger partial charge in [-0.3, -0.25) is 4.98 Å². The van der Waals surface area contributed by atoms with Crippen LogP contribution in [0.25, 0.3) is 20.8 Å². The number of halogens is 3. The summed E-state index contributed by atoms with van der Waals surface area (Å²) in [5.41, 5.74) is 3.03. The lowest BCUT2D eigenvalue weighted by molar-refractivity contribution is -0.214. The average Bonchev–Trinajstić information content (AvgIpc) is 3.51. The molecular formula is C25H31F3N6O3S. The van der Waals surface area contributed by atoms with Crippen LogP contribution >= 0.6 is 11.3 Å². The number of rotatable bonds is 10. The van der Waals surface area contributed by atoms with Crippen LogP contribution in [0.15, 0.2) is 12.3 Å². The highest BCUT2D eigenvalue weighted by molar-refractivity contribution is 7.21. The van der Waals surface area contributed by atoms with Gasteiger partial charge >= 0.3 is 6.18 Å². The van der Waals surface area contributed by atoms with E-state index in [9.17, 15) is 23.4 Å². The van der Waals surface area contributed by atoms with E-state index in [1.54, 1.807) is 13.1 Å². The predicted molar refractivity (Wildman–Crippen MR) is 138 cm³/mol. The second-order valence-electron chi connectivity index (χ2n) is 9.88. The van der Waals surface area contributed by atoms with Crippen LogP contribution in [0.1, 0.15) is 49.9 Å². The van der Waals surface area contributed by atoms with Gasteiger partial charge < -0.3 is 25.6 Å². The summed E-state index contributed by atoms with van der Waals surface area (Å²) in [6.07, 6.45) is -2.29. The van der Waals surface area contributed by atoms with Crippen molar-refractivity contribution in [2.45, 2.75) is 69.9 Å². The van der Waals surface area contributed by atoms with Crippen molar-refractivity contribution in [2.75, 3.05) is 30.4 Å². The molecule has 38 heavy (non-hydrogen) atoms. The molecule has 4 N–H and O–H groups in total. The standard InChI is InChI=1S/C25H31F3N6O3S/c1-3-37-18(25(26,27)28)10-30-24-31-12(2)19(22(34-24)32-15-8-14(11-35)16(36)9-15)23-33-21-17(38-23)6-7-29-20(21)13-4-5-13/h6-7,13-16,18,35-36H,3-5,8-11H2,1-2H3,(H2,30,31,32,34)/t14-,15-,16+,18+/m1/s1. The Morgan fingerprint density at radius 1 is 1.21 bits per heavy atom. The summed E-state index contributed by atoms with van der Waals surface area (Å²) in [5.74, 6) is 0.597. The molecule has 9 nitrogen and oxygen atoms in total. The molecule has 2 fully saturated rings. The molecule has 0 aliphatic heterocycles. The molecule has 0 spiro atoms. The van der Waals surface area contributed by atoms with E-state index >= 15 is 0 Å². The van der Waals surface area contributed by atoms with Gasteiger partial charge in [0.1, 0.15) is 16.3 Å². The van der Waals surface area contributed by atoms with Crippen LogP contribution in [0.3, 0.4) is 0 Å². The third-order valence-corrected chi connectivity index (χ3v) is 8.05. The van der Waals surface area contributed by atoms with Crippen molar-refractivity contribution in [1.29, 1.82) is 0 Å². The fourth-order valence-corrected chi connectivity index (χ4v) is 5.98. The highest BCUT2D eigenvalue weighted by Gasteiger charge is 2.40. The molecule has 2 saturated carbocycles. The maximum absolute atomic E-state index is 13.4. The van der Waals surface area contributed by atoms with Gasteiger partial charge in [-0.1, -0.05) is 0 Å². The Labute approximate surface area is 221 Å². The van der Waals surface area contributed by atoms with E-state index in [1.165, 1.54) is 18.3 Å². The number of alkyl halides is 3. The number of hydrogen-bond acceptors (Lipinski definition) is 10. The minimum atomic E-state index is -4.54. The Bertz CT molecular complexity index is 1290. The maximum atomic E-state index is 13.4. The van der Waals surface area contributed by atoms with Crippen LogP contribution in [0.4, 0.5) is 24.9 Å². The smallest absolute Gasteiger partial charge is 0.396 e. The minimum Gasteiger partial charge on any atom is -0.396 e. The zero-order valence-corrected chi connectivity index (χ0v) is 21.9. The first-order valence-corrected chi connectivity index (χ1v) is 13.6. The lowest BCUT2D eigenvalue weighted by Crippen LogP contribution is -2.38. The molecule has 0 aromatic carbocycles. The highest BCUT2D eigenvalue weighted by atomic mass is 32.1. The van der Waals surface area contributed by atoms with Crippen molar-refractivity contribution < 1.29 is 28.1 Å². The summed E-state index contributed by atoms with van der Waals surface area (Å²) in [6, 6.07) is 1.73. The van der Waals surface area contributed by atoms with Gasteiger partial charge in [0.15, 0.2) is 6.10 Å². The molecule has 0 bridgehead atoms. The number of aryl methyl sites for hydroxylation is 1. The van der Waals surface area contributed by atoms with Crippen LogP contribution in [-0.4, -0.2) is 74.3 Å². The Kier molecular flexibility index (Phi) is 7.72. The third-order valence-electron chi connectivity index (χ3n) is 7.01. The average molecular weight is 553 g/mol. The summed E-state index contributed by atoms with van der Waals surface area (Å²) >= 11 is 1.49. The number of fused-ring (bicyclic) bond motifs is 1. The molecule has 0 saturated heterocycles. The monoisotopic (exact) mass is 552 g/mol. The van der Waals surface area contributed by atoms with Gasteiger partial charge in [-0.05, 0) is 45.6 Å². The molecule has 4 atom stereocenters. The molecule has 3 aromatic heterocycles. The van der Waals surface area contributed by atoms with Gasteiger partial charge in [0.25, 0.3) is 0 Å². The fourth-order valence-electron chi connectivity index (χ4n) is 4.91. The van der Waals surface area contributed by atoms with Crippen LogP contribution in [0.2, 0.25) is 0 Å². The molecule has 206 valence electrons. The van der Waals surface area contributed by atoms with Crippen molar-refractivity contribution in [3.63, 3.8) is 0 Å². The normalized spacial score (nSPS) is 22.7. The van der Waals surface area contributed by atoms with E-state index in [4.69, 9.17) is 9.72 Å². The molecule has 0 unspecified atom stereocenters. The molecule has 5 rings (SSSR count). The van der Waals surface area contributed by atoms with Crippen LogP contribution < -0.4 is 10.6 Å². The number of hydrogen-bond donors (Lipinski definition) is 4. The number of anilines is 2. The Morgan fingerprint density at radius 3 is 2.66 bits per heavy atom. The quantitative estimate of drug-likeness (QED) is 0.292. The largest absolute Gasteiger partial charge is 0.416 e. The minimum absolute atomic E-state index is 0.0291. The topological polar surface area (TPSA) is 125 Å². The number of aliphatic hydroxyl groups excluding tert-OH is 2. The van der Waals surface area contributed by atoms with Gasteiger partial charge in [-0.15, -0.1) is 11.3 Å². The van der Waals surface area contributed by atoms with E-state index in [1.807, 2.05) is 6.07 Å². The molecular weight excluding hydrogens is 521 g/mol. The number of pyridine rings is 1. The zero-order valence-electron chi connectivity index (χ0n) is 21.1. The van der Waals surface area contributed by atoms with Crippen molar-refractivity contribution >= 4 is 33.3 Å². The first-order valence-electron chi connectivity index (χ1n) is 12.8. The van der Waals surface area contributed by atoms with Gasteiger partial charge in [0.05, 0.1) is 34.3 Å².